The number of para-hydroxylation sites is 2. The molecule has 9 heteroatoms. The molecule has 1 unspecified atom stereocenters. The number of aromatic nitrogens is 2. The molecule has 0 aliphatic carbocycles. The van der Waals surface area contributed by atoms with Crippen molar-refractivity contribution in [3.05, 3.63) is 82.9 Å². The van der Waals surface area contributed by atoms with E-state index in [-0.39, 0.29) is 17.3 Å². The number of ketones is 1. The fourth-order valence-corrected chi connectivity index (χ4v) is 4.71. The monoisotopic (exact) mass is 513 g/mol. The third-order valence-electron chi connectivity index (χ3n) is 6.52. The van der Waals surface area contributed by atoms with Crippen molar-refractivity contribution >= 4 is 34.4 Å². The van der Waals surface area contributed by atoms with E-state index < -0.39 is 17.7 Å². The molecule has 9 nitrogen and oxygen atoms in total. The highest BCUT2D eigenvalue weighted by Crippen LogP contribution is 2.44. The molecular weight excluding hydrogens is 486 g/mol. The lowest BCUT2D eigenvalue weighted by molar-refractivity contribution is -0.132. The first-order valence-corrected chi connectivity index (χ1v) is 12.1. The van der Waals surface area contributed by atoms with Crippen molar-refractivity contribution in [1.82, 2.24) is 9.97 Å². The number of Topliss-reactive ketones (excluding diaryl/α,β-unsaturated/α-hetero) is 1. The van der Waals surface area contributed by atoms with Gasteiger partial charge in [-0.15, -0.1) is 0 Å². The molecular formula is C29H27N3O6. The molecule has 1 amide bonds. The Morgan fingerprint density at radius 2 is 1.74 bits per heavy atom. The SMILES string of the molecule is CCOc1ccc(/C(O)=C2\C(=O)C(=O)N(c3nc4ccccc4[nH]3)C2c2ccc(OC)c(OC)c2)cc1C. The molecule has 0 radical (unpaired) electrons. The molecule has 5 rings (SSSR count). The van der Waals surface area contributed by atoms with Gasteiger partial charge in [-0.05, 0) is 67.4 Å². The average molecular weight is 514 g/mol. The van der Waals surface area contributed by atoms with Crippen molar-refractivity contribution in [2.75, 3.05) is 25.7 Å². The molecule has 2 N–H and O–H groups in total. The Labute approximate surface area is 219 Å². The van der Waals surface area contributed by atoms with E-state index in [4.69, 9.17) is 14.2 Å². The normalized spacial score (nSPS) is 16.7. The summed E-state index contributed by atoms with van der Waals surface area (Å²) < 4.78 is 16.5. The fourth-order valence-electron chi connectivity index (χ4n) is 4.71. The van der Waals surface area contributed by atoms with Gasteiger partial charge in [0.25, 0.3) is 5.78 Å². The second-order valence-corrected chi connectivity index (χ2v) is 8.77. The number of carbonyl (C=O) groups is 2. The van der Waals surface area contributed by atoms with Crippen LogP contribution in [0, 0.1) is 6.92 Å². The number of fused-ring (bicyclic) bond motifs is 1. The number of aryl methyl sites for hydroxylation is 1. The molecule has 194 valence electrons. The fraction of sp³-hybridized carbons (Fsp3) is 0.207. The summed E-state index contributed by atoms with van der Waals surface area (Å²) in [4.78, 5) is 36.0. The number of aromatic amines is 1. The maximum Gasteiger partial charge on any atom is 0.302 e. The summed E-state index contributed by atoms with van der Waals surface area (Å²) in [6.07, 6.45) is 0. The number of H-pyrrole nitrogens is 1. The van der Waals surface area contributed by atoms with Crippen LogP contribution in [0.2, 0.25) is 0 Å². The number of anilines is 1. The number of methoxy groups -OCH3 is 2. The Hall–Kier alpha value is -4.79. The first kappa shape index (κ1) is 24.9. The van der Waals surface area contributed by atoms with Gasteiger partial charge in [-0.3, -0.25) is 14.5 Å². The van der Waals surface area contributed by atoms with Crippen molar-refractivity contribution in [1.29, 1.82) is 0 Å². The molecule has 1 fully saturated rings. The second kappa shape index (κ2) is 9.93. The van der Waals surface area contributed by atoms with Gasteiger partial charge in [0, 0.05) is 5.56 Å². The van der Waals surface area contributed by atoms with Crippen LogP contribution in [-0.4, -0.2) is 47.6 Å². The van der Waals surface area contributed by atoms with Crippen LogP contribution in [-0.2, 0) is 9.59 Å². The van der Waals surface area contributed by atoms with Crippen molar-refractivity contribution in [2.24, 2.45) is 0 Å². The van der Waals surface area contributed by atoms with Gasteiger partial charge in [-0.1, -0.05) is 18.2 Å². The number of amides is 1. The van der Waals surface area contributed by atoms with Gasteiger partial charge in [-0.2, -0.15) is 0 Å². The zero-order valence-corrected chi connectivity index (χ0v) is 21.4. The van der Waals surface area contributed by atoms with E-state index in [1.807, 2.05) is 32.0 Å². The highest BCUT2D eigenvalue weighted by Gasteiger charge is 2.48. The van der Waals surface area contributed by atoms with Crippen molar-refractivity contribution in [3.63, 3.8) is 0 Å². The van der Waals surface area contributed by atoms with Crippen LogP contribution in [0.5, 0.6) is 17.2 Å². The zero-order chi connectivity index (χ0) is 27.0. The minimum absolute atomic E-state index is 0.0637. The quantitative estimate of drug-likeness (QED) is 0.205. The highest BCUT2D eigenvalue weighted by molar-refractivity contribution is 6.51. The lowest BCUT2D eigenvalue weighted by Gasteiger charge is -2.24. The van der Waals surface area contributed by atoms with E-state index in [1.165, 1.54) is 19.1 Å². The molecule has 0 bridgehead atoms. The summed E-state index contributed by atoms with van der Waals surface area (Å²) in [7, 11) is 3.02. The number of benzene rings is 3. The van der Waals surface area contributed by atoms with E-state index in [2.05, 4.69) is 9.97 Å². The smallest absolute Gasteiger partial charge is 0.302 e. The molecule has 3 aromatic carbocycles. The summed E-state index contributed by atoms with van der Waals surface area (Å²) in [5.74, 6) is -0.176. The topological polar surface area (TPSA) is 114 Å². The molecule has 1 atom stereocenters. The van der Waals surface area contributed by atoms with Crippen molar-refractivity contribution in [2.45, 2.75) is 19.9 Å². The molecule has 0 spiro atoms. The molecule has 1 aliphatic rings. The predicted molar refractivity (Wildman–Crippen MR) is 143 cm³/mol. The lowest BCUT2D eigenvalue weighted by Crippen LogP contribution is -2.30. The van der Waals surface area contributed by atoms with E-state index in [0.29, 0.717) is 46.0 Å². The number of rotatable bonds is 7. The number of aliphatic hydroxyl groups excluding tert-OH is 1. The van der Waals surface area contributed by atoms with Crippen molar-refractivity contribution in [3.8, 4) is 17.2 Å². The van der Waals surface area contributed by atoms with Crippen molar-refractivity contribution < 1.29 is 28.9 Å². The number of aliphatic hydroxyl groups is 1. The Bertz CT molecular complexity index is 1560. The highest BCUT2D eigenvalue weighted by atomic mass is 16.5. The summed E-state index contributed by atoms with van der Waals surface area (Å²) in [5, 5.41) is 11.5. The first-order chi connectivity index (χ1) is 18.4. The molecule has 38 heavy (non-hydrogen) atoms. The summed E-state index contributed by atoms with van der Waals surface area (Å²) in [6.45, 7) is 4.23. The molecule has 2 heterocycles. The Balaban J connectivity index is 1.72. The third kappa shape index (κ3) is 4.11. The third-order valence-corrected chi connectivity index (χ3v) is 6.52. The summed E-state index contributed by atoms with van der Waals surface area (Å²) in [5.41, 5.74) is 2.98. The molecule has 0 saturated carbocycles. The van der Waals surface area contributed by atoms with Crippen LogP contribution in [0.1, 0.15) is 29.7 Å². The van der Waals surface area contributed by atoms with Crippen LogP contribution in [0.15, 0.2) is 66.2 Å². The molecule has 1 aromatic heterocycles. The maximum atomic E-state index is 13.5. The predicted octanol–water partition coefficient (Wildman–Crippen LogP) is 4.91. The van der Waals surface area contributed by atoms with Gasteiger partial charge in [-0.25, -0.2) is 4.98 Å². The number of hydrogen-bond donors (Lipinski definition) is 2. The summed E-state index contributed by atoms with van der Waals surface area (Å²) >= 11 is 0. The Kier molecular flexibility index (Phi) is 6.50. The van der Waals surface area contributed by atoms with Crippen LogP contribution in [0.4, 0.5) is 5.95 Å². The van der Waals surface area contributed by atoms with Crippen LogP contribution in [0.3, 0.4) is 0 Å². The number of ether oxygens (including phenoxy) is 3. The van der Waals surface area contributed by atoms with Gasteiger partial charge in [0.15, 0.2) is 11.5 Å². The standard InChI is InChI=1S/C29H27N3O6/c1-5-38-21-12-11-18(14-16(21)2)26(33)24-25(17-10-13-22(36-3)23(15-17)37-4)32(28(35)27(24)34)29-30-19-8-6-7-9-20(19)31-29/h6-15,25,33H,5H2,1-4H3,(H,30,31)/b26-24+. The number of nitrogens with one attached hydrogen (secondary N) is 1. The van der Waals surface area contributed by atoms with Gasteiger partial charge >= 0.3 is 5.91 Å². The van der Waals surface area contributed by atoms with Crippen LogP contribution < -0.4 is 19.1 Å². The van der Waals surface area contributed by atoms with Gasteiger partial charge in [0.2, 0.25) is 5.95 Å². The minimum Gasteiger partial charge on any atom is -0.507 e. The number of carbonyl (C=O) groups excluding carboxylic acids is 2. The first-order valence-electron chi connectivity index (χ1n) is 12.1. The lowest BCUT2D eigenvalue weighted by atomic mass is 9.94. The number of nitrogens with zero attached hydrogens (tertiary/aromatic N) is 2. The van der Waals surface area contributed by atoms with Gasteiger partial charge in [0.1, 0.15) is 11.5 Å². The van der Waals surface area contributed by atoms with Crippen LogP contribution in [0.25, 0.3) is 16.8 Å². The van der Waals surface area contributed by atoms with Gasteiger partial charge in [0.05, 0.1) is 43.5 Å². The Morgan fingerprint density at radius 1 is 1.00 bits per heavy atom. The Morgan fingerprint density at radius 3 is 2.42 bits per heavy atom. The van der Waals surface area contributed by atoms with Gasteiger partial charge < -0.3 is 24.3 Å². The average Bonchev–Trinajstić information content (AvgIpc) is 3.47. The zero-order valence-electron chi connectivity index (χ0n) is 21.4. The second-order valence-electron chi connectivity index (χ2n) is 8.77. The van der Waals surface area contributed by atoms with Crippen LogP contribution >= 0.6 is 0 Å². The van der Waals surface area contributed by atoms with E-state index in [1.54, 1.807) is 42.5 Å². The largest absolute Gasteiger partial charge is 0.507 e. The molecule has 1 saturated heterocycles. The maximum absolute atomic E-state index is 13.5. The molecule has 4 aromatic rings. The minimum atomic E-state index is -0.984. The van der Waals surface area contributed by atoms with E-state index in [0.717, 1.165) is 5.56 Å². The molecule has 1 aliphatic heterocycles. The summed E-state index contributed by atoms with van der Waals surface area (Å²) in [6, 6.07) is 16.5. The number of imidazole rings is 1. The van der Waals surface area contributed by atoms with E-state index in [9.17, 15) is 14.7 Å². The number of hydrogen-bond acceptors (Lipinski definition) is 7. The van der Waals surface area contributed by atoms with E-state index >= 15 is 0 Å².